The highest BCUT2D eigenvalue weighted by Crippen LogP contribution is 2.21. The van der Waals surface area contributed by atoms with E-state index in [1.165, 1.54) is 11.3 Å². The molecule has 0 N–H and O–H groups in total. The van der Waals surface area contributed by atoms with Crippen molar-refractivity contribution in [1.29, 1.82) is 5.26 Å². The molecule has 0 saturated heterocycles. The molecule has 0 saturated carbocycles. The number of hydrogen-bond donors (Lipinski definition) is 0. The van der Waals surface area contributed by atoms with E-state index in [4.69, 9.17) is 19.5 Å². The van der Waals surface area contributed by atoms with Gasteiger partial charge in [0, 0.05) is 11.1 Å². The van der Waals surface area contributed by atoms with Gasteiger partial charge in [-0.3, -0.25) is 4.79 Å². The molecular weight excluding hydrogens is 344 g/mol. The Hall–Kier alpha value is -2.92. The molecule has 0 aliphatic heterocycles. The first-order valence-corrected chi connectivity index (χ1v) is 8.18. The maximum absolute atomic E-state index is 12.0. The summed E-state index contributed by atoms with van der Waals surface area (Å²) in [4.78, 5) is 27.8. The Kier molecular flexibility index (Phi) is 6.48. The lowest BCUT2D eigenvalue weighted by molar-refractivity contribution is -0.150. The van der Waals surface area contributed by atoms with E-state index in [1.807, 2.05) is 6.07 Å². The fourth-order valence-electron chi connectivity index (χ4n) is 1.86. The summed E-state index contributed by atoms with van der Waals surface area (Å²) >= 11 is 1.23. The molecule has 1 heterocycles. The molecule has 0 radical (unpaired) electrons. The van der Waals surface area contributed by atoms with E-state index in [9.17, 15) is 9.59 Å². The minimum absolute atomic E-state index is 0.340. The number of thiazole rings is 1. The highest BCUT2D eigenvalue weighted by Gasteiger charge is 2.24. The molecule has 8 heteroatoms. The van der Waals surface area contributed by atoms with E-state index in [0.717, 1.165) is 5.69 Å². The SMILES string of the molecule is COc1ccc(OCC(=O)OCC(=O)[C@@H](C#N)c2nc(C)cs2)cc1. The van der Waals surface area contributed by atoms with Gasteiger partial charge in [-0.05, 0) is 31.2 Å². The molecular formula is C17H16N2O5S. The number of ketones is 1. The standard InChI is InChI=1S/C17H16N2O5S/c1-11-10-25-17(19-11)14(7-18)15(20)8-24-16(21)9-23-13-5-3-12(22-2)4-6-13/h3-6,10,14H,8-9H2,1-2H3/t14-/m1/s1. The number of aryl methyl sites for hydroxylation is 1. The Labute approximate surface area is 148 Å². The Morgan fingerprint density at radius 3 is 2.48 bits per heavy atom. The second-order valence-electron chi connectivity index (χ2n) is 4.98. The summed E-state index contributed by atoms with van der Waals surface area (Å²) in [6, 6.07) is 8.57. The number of aromatic nitrogens is 1. The normalized spacial score (nSPS) is 11.2. The van der Waals surface area contributed by atoms with Crippen LogP contribution in [0.1, 0.15) is 16.6 Å². The van der Waals surface area contributed by atoms with E-state index in [2.05, 4.69) is 4.98 Å². The summed E-state index contributed by atoms with van der Waals surface area (Å²) in [5.74, 6) is -1.11. The second kappa shape index (κ2) is 8.80. The summed E-state index contributed by atoms with van der Waals surface area (Å²) < 4.78 is 15.1. The third-order valence-electron chi connectivity index (χ3n) is 3.13. The number of rotatable bonds is 8. The summed E-state index contributed by atoms with van der Waals surface area (Å²) in [6.07, 6.45) is 0. The molecule has 0 bridgehead atoms. The number of Topliss-reactive ketones (excluding diaryl/α,β-unsaturated/α-hetero) is 1. The largest absolute Gasteiger partial charge is 0.497 e. The number of carbonyl (C=O) groups is 2. The predicted molar refractivity (Wildman–Crippen MR) is 89.7 cm³/mol. The minimum atomic E-state index is -1.03. The highest BCUT2D eigenvalue weighted by atomic mass is 32.1. The quantitative estimate of drug-likeness (QED) is 0.666. The van der Waals surface area contributed by atoms with Crippen LogP contribution in [0.5, 0.6) is 11.5 Å². The van der Waals surface area contributed by atoms with Gasteiger partial charge in [-0.25, -0.2) is 9.78 Å². The zero-order valence-electron chi connectivity index (χ0n) is 13.7. The monoisotopic (exact) mass is 360 g/mol. The molecule has 2 aromatic rings. The molecule has 130 valence electrons. The average Bonchev–Trinajstić information content (AvgIpc) is 3.05. The maximum Gasteiger partial charge on any atom is 0.344 e. The van der Waals surface area contributed by atoms with Gasteiger partial charge in [0.15, 0.2) is 24.9 Å². The smallest absolute Gasteiger partial charge is 0.344 e. The van der Waals surface area contributed by atoms with Gasteiger partial charge in [-0.15, -0.1) is 11.3 Å². The van der Waals surface area contributed by atoms with Crippen LogP contribution in [0.25, 0.3) is 0 Å². The van der Waals surface area contributed by atoms with Crippen molar-refractivity contribution in [1.82, 2.24) is 4.98 Å². The lowest BCUT2D eigenvalue weighted by atomic mass is 10.1. The third-order valence-corrected chi connectivity index (χ3v) is 4.15. The van der Waals surface area contributed by atoms with Gasteiger partial charge >= 0.3 is 5.97 Å². The second-order valence-corrected chi connectivity index (χ2v) is 5.87. The van der Waals surface area contributed by atoms with Gasteiger partial charge in [-0.2, -0.15) is 5.26 Å². The van der Waals surface area contributed by atoms with E-state index in [0.29, 0.717) is 16.5 Å². The molecule has 25 heavy (non-hydrogen) atoms. The van der Waals surface area contributed by atoms with Gasteiger partial charge < -0.3 is 14.2 Å². The van der Waals surface area contributed by atoms with Crippen molar-refractivity contribution in [3.05, 3.63) is 40.3 Å². The van der Waals surface area contributed by atoms with Crippen LogP contribution in [0.3, 0.4) is 0 Å². The van der Waals surface area contributed by atoms with E-state index < -0.39 is 24.3 Å². The molecule has 0 aliphatic carbocycles. The van der Waals surface area contributed by atoms with Crippen molar-refractivity contribution < 1.29 is 23.8 Å². The van der Waals surface area contributed by atoms with Gasteiger partial charge in [0.2, 0.25) is 0 Å². The molecule has 1 aromatic heterocycles. The molecule has 0 unspecified atom stereocenters. The van der Waals surface area contributed by atoms with Crippen LogP contribution < -0.4 is 9.47 Å². The first-order chi connectivity index (χ1) is 12.0. The Morgan fingerprint density at radius 1 is 1.24 bits per heavy atom. The molecule has 0 amide bonds. The van der Waals surface area contributed by atoms with E-state index >= 15 is 0 Å². The number of nitriles is 1. The summed E-state index contributed by atoms with van der Waals surface area (Å²) in [7, 11) is 1.55. The number of hydrogen-bond acceptors (Lipinski definition) is 8. The summed E-state index contributed by atoms with van der Waals surface area (Å²) in [6.45, 7) is 0.935. The molecule has 1 atom stereocenters. The van der Waals surface area contributed by atoms with Crippen molar-refractivity contribution in [2.45, 2.75) is 12.8 Å². The average molecular weight is 360 g/mol. The van der Waals surface area contributed by atoms with Crippen molar-refractivity contribution in [3.63, 3.8) is 0 Å². The zero-order chi connectivity index (χ0) is 18.2. The van der Waals surface area contributed by atoms with Crippen LogP contribution in [-0.2, 0) is 14.3 Å². The zero-order valence-corrected chi connectivity index (χ0v) is 14.5. The first-order valence-electron chi connectivity index (χ1n) is 7.30. The number of benzene rings is 1. The fraction of sp³-hybridized carbons (Fsp3) is 0.294. The first kappa shape index (κ1) is 18.4. The topological polar surface area (TPSA) is 98.5 Å². The minimum Gasteiger partial charge on any atom is -0.497 e. The number of carbonyl (C=O) groups excluding carboxylic acids is 2. The summed E-state index contributed by atoms with van der Waals surface area (Å²) in [5.41, 5.74) is 0.734. The van der Waals surface area contributed by atoms with Crippen molar-refractivity contribution in [3.8, 4) is 17.6 Å². The number of ether oxygens (including phenoxy) is 3. The molecule has 0 aliphatic rings. The van der Waals surface area contributed by atoms with Gasteiger partial charge in [0.1, 0.15) is 16.5 Å². The van der Waals surface area contributed by atoms with Crippen LogP contribution in [0.2, 0.25) is 0 Å². The van der Waals surface area contributed by atoms with Gasteiger partial charge in [0.25, 0.3) is 0 Å². The van der Waals surface area contributed by atoms with Crippen LogP contribution in [0, 0.1) is 18.3 Å². The molecule has 1 aromatic carbocycles. The highest BCUT2D eigenvalue weighted by molar-refractivity contribution is 7.09. The third kappa shape index (κ3) is 5.29. The lowest BCUT2D eigenvalue weighted by Gasteiger charge is -2.08. The fourth-order valence-corrected chi connectivity index (χ4v) is 2.72. The van der Waals surface area contributed by atoms with Crippen LogP contribution >= 0.6 is 11.3 Å². The number of esters is 1. The number of methoxy groups -OCH3 is 1. The molecule has 0 spiro atoms. The van der Waals surface area contributed by atoms with Crippen LogP contribution in [0.15, 0.2) is 29.6 Å². The maximum atomic E-state index is 12.0. The summed E-state index contributed by atoms with van der Waals surface area (Å²) in [5, 5.41) is 11.3. The Balaban J connectivity index is 1.80. The molecule has 2 rings (SSSR count). The van der Waals surface area contributed by atoms with E-state index in [-0.39, 0.29) is 6.61 Å². The van der Waals surface area contributed by atoms with Crippen molar-refractivity contribution >= 4 is 23.1 Å². The van der Waals surface area contributed by atoms with Gasteiger partial charge in [-0.1, -0.05) is 0 Å². The predicted octanol–water partition coefficient (Wildman–Crippen LogP) is 2.26. The van der Waals surface area contributed by atoms with Gasteiger partial charge in [0.05, 0.1) is 13.2 Å². The molecule has 7 nitrogen and oxygen atoms in total. The van der Waals surface area contributed by atoms with Crippen LogP contribution in [0.4, 0.5) is 0 Å². The van der Waals surface area contributed by atoms with Crippen LogP contribution in [-0.4, -0.2) is 37.1 Å². The Morgan fingerprint density at radius 2 is 1.92 bits per heavy atom. The van der Waals surface area contributed by atoms with Crippen molar-refractivity contribution in [2.75, 3.05) is 20.3 Å². The lowest BCUT2D eigenvalue weighted by Crippen LogP contribution is -2.22. The van der Waals surface area contributed by atoms with Crippen molar-refractivity contribution in [2.24, 2.45) is 0 Å². The Bertz CT molecular complexity index is 779. The van der Waals surface area contributed by atoms with E-state index in [1.54, 1.807) is 43.7 Å². The molecule has 0 fully saturated rings. The number of nitrogens with zero attached hydrogens (tertiary/aromatic N) is 2.